The summed E-state index contributed by atoms with van der Waals surface area (Å²) in [6.45, 7) is 3.74. The Bertz CT molecular complexity index is 401. The molecule has 1 aliphatic carbocycles. The lowest BCUT2D eigenvalue weighted by Crippen LogP contribution is -2.76. The molecule has 4 nitrogen and oxygen atoms in total. The van der Waals surface area contributed by atoms with Gasteiger partial charge in [0.05, 0.1) is 6.67 Å². The first-order valence-electron chi connectivity index (χ1n) is 8.27. The van der Waals surface area contributed by atoms with Gasteiger partial charge in [-0.3, -0.25) is 14.0 Å². The molecule has 1 saturated carbocycles. The maximum absolute atomic E-state index is 13.1. The Morgan fingerprint density at radius 3 is 2.29 bits per heavy atom. The zero-order valence-corrected chi connectivity index (χ0v) is 13.2. The van der Waals surface area contributed by atoms with Crippen LogP contribution >= 0.6 is 0 Å². The molecule has 2 amide bonds. The van der Waals surface area contributed by atoms with Gasteiger partial charge >= 0.3 is 0 Å². The number of hydrogen-bond acceptors (Lipinski definition) is 2. The second-order valence-electron chi connectivity index (χ2n) is 6.33. The van der Waals surface area contributed by atoms with Crippen LogP contribution < -0.4 is 5.32 Å². The fraction of sp³-hybridized carbons (Fsp3) is 0.875. The maximum Gasteiger partial charge on any atom is 0.249 e. The van der Waals surface area contributed by atoms with Crippen molar-refractivity contribution >= 4 is 11.8 Å². The summed E-state index contributed by atoms with van der Waals surface area (Å²) in [4.78, 5) is 27.5. The molecule has 0 bridgehead atoms. The predicted octanol–water partition coefficient (Wildman–Crippen LogP) is 2.57. The number of piperazine rings is 1. The van der Waals surface area contributed by atoms with Crippen molar-refractivity contribution in [2.45, 2.75) is 76.3 Å². The van der Waals surface area contributed by atoms with E-state index in [0.29, 0.717) is 38.6 Å². The van der Waals surface area contributed by atoms with Gasteiger partial charge in [-0.2, -0.15) is 0 Å². The molecule has 0 aromatic rings. The number of halogens is 1. The van der Waals surface area contributed by atoms with Crippen LogP contribution in [0.25, 0.3) is 0 Å². The zero-order valence-electron chi connectivity index (χ0n) is 13.2. The van der Waals surface area contributed by atoms with Gasteiger partial charge < -0.3 is 10.2 Å². The summed E-state index contributed by atoms with van der Waals surface area (Å²) in [5.74, 6) is -0.0354. The Morgan fingerprint density at radius 2 is 1.76 bits per heavy atom. The molecule has 1 heterocycles. The number of hydrogen-bond donors (Lipinski definition) is 1. The van der Waals surface area contributed by atoms with Crippen LogP contribution in [0.2, 0.25) is 0 Å². The number of rotatable bonds is 5. The molecule has 1 saturated heterocycles. The quantitative estimate of drug-likeness (QED) is 0.848. The molecule has 2 aliphatic rings. The minimum atomic E-state index is -0.797. The highest BCUT2D eigenvalue weighted by atomic mass is 19.1. The van der Waals surface area contributed by atoms with Gasteiger partial charge in [-0.15, -0.1) is 0 Å². The lowest BCUT2D eigenvalue weighted by Gasteiger charge is -2.53. The molecule has 2 fully saturated rings. The molecular weight excluding hydrogens is 271 g/mol. The average Bonchev–Trinajstić information content (AvgIpc) is 2.51. The summed E-state index contributed by atoms with van der Waals surface area (Å²) in [6.07, 6.45) is 5.93. The van der Waals surface area contributed by atoms with E-state index in [4.69, 9.17) is 0 Å². The van der Waals surface area contributed by atoms with E-state index in [0.717, 1.165) is 19.3 Å². The van der Waals surface area contributed by atoms with Crippen LogP contribution in [0.15, 0.2) is 0 Å². The van der Waals surface area contributed by atoms with Gasteiger partial charge in [-0.1, -0.05) is 33.1 Å². The van der Waals surface area contributed by atoms with Crippen LogP contribution in [0.1, 0.15) is 65.2 Å². The van der Waals surface area contributed by atoms with Gasteiger partial charge in [-0.25, -0.2) is 0 Å². The van der Waals surface area contributed by atoms with Crippen molar-refractivity contribution < 1.29 is 14.0 Å². The summed E-state index contributed by atoms with van der Waals surface area (Å²) in [5.41, 5.74) is -1.52. The fourth-order valence-corrected chi connectivity index (χ4v) is 3.94. The summed E-state index contributed by atoms with van der Waals surface area (Å²) < 4.78 is 12.6. The van der Waals surface area contributed by atoms with Gasteiger partial charge in [0.15, 0.2) is 0 Å². The van der Waals surface area contributed by atoms with E-state index in [-0.39, 0.29) is 11.8 Å². The number of alkyl halides is 1. The molecule has 0 unspecified atom stereocenters. The topological polar surface area (TPSA) is 49.4 Å². The molecular formula is C16H27FN2O2. The Hall–Kier alpha value is -1.13. The largest absolute Gasteiger partial charge is 0.340 e. The van der Waals surface area contributed by atoms with E-state index in [2.05, 4.69) is 5.32 Å². The fourth-order valence-electron chi connectivity index (χ4n) is 3.94. The molecule has 1 spiro atoms. The van der Waals surface area contributed by atoms with Crippen LogP contribution in [-0.4, -0.2) is 41.0 Å². The van der Waals surface area contributed by atoms with Crippen LogP contribution in [0.3, 0.4) is 0 Å². The van der Waals surface area contributed by atoms with Crippen molar-refractivity contribution in [1.82, 2.24) is 10.2 Å². The third-order valence-electron chi connectivity index (χ3n) is 5.34. The summed E-state index contributed by atoms with van der Waals surface area (Å²) in [6, 6.07) is 0. The highest BCUT2D eigenvalue weighted by Crippen LogP contribution is 2.38. The standard InChI is InChI=1S/C16H27FN2O2/c1-3-16(4-2)13(20)18-15(9-6-5-7-10-15)14(21)19(16)12-8-11-17/h3-12H2,1-2H3,(H,18,20). The minimum Gasteiger partial charge on any atom is -0.340 e. The number of nitrogens with zero attached hydrogens (tertiary/aromatic N) is 1. The first kappa shape index (κ1) is 16.2. The molecule has 0 atom stereocenters. The van der Waals surface area contributed by atoms with E-state index in [9.17, 15) is 14.0 Å². The van der Waals surface area contributed by atoms with Gasteiger partial charge in [0.25, 0.3) is 0 Å². The lowest BCUT2D eigenvalue weighted by molar-refractivity contribution is -0.166. The second-order valence-corrected chi connectivity index (χ2v) is 6.33. The van der Waals surface area contributed by atoms with Gasteiger partial charge in [0.2, 0.25) is 11.8 Å². The number of carbonyl (C=O) groups is 2. The average molecular weight is 298 g/mol. The number of carbonyl (C=O) groups excluding carboxylic acids is 2. The van der Waals surface area contributed by atoms with Crippen LogP contribution in [0, 0.1) is 0 Å². The number of nitrogens with one attached hydrogen (secondary N) is 1. The van der Waals surface area contributed by atoms with Gasteiger partial charge in [0, 0.05) is 6.54 Å². The Morgan fingerprint density at radius 1 is 1.14 bits per heavy atom. The van der Waals surface area contributed by atoms with Crippen LogP contribution in [0.5, 0.6) is 0 Å². The zero-order chi connectivity index (χ0) is 15.5. The third kappa shape index (κ3) is 2.55. The van der Waals surface area contributed by atoms with E-state index < -0.39 is 17.8 Å². The Balaban J connectivity index is 2.35. The highest BCUT2D eigenvalue weighted by molar-refractivity contribution is 6.02. The Labute approximate surface area is 126 Å². The third-order valence-corrected chi connectivity index (χ3v) is 5.34. The normalized spacial score (nSPS) is 24.2. The maximum atomic E-state index is 13.1. The van der Waals surface area contributed by atoms with Crippen LogP contribution in [0.4, 0.5) is 4.39 Å². The minimum absolute atomic E-state index is 0.0129. The van der Waals surface area contributed by atoms with Gasteiger partial charge in [-0.05, 0) is 32.1 Å². The van der Waals surface area contributed by atoms with Crippen molar-refractivity contribution in [1.29, 1.82) is 0 Å². The smallest absolute Gasteiger partial charge is 0.249 e. The first-order chi connectivity index (χ1) is 10.1. The number of amides is 2. The Kier molecular flexibility index (Phi) is 4.89. The molecule has 0 radical (unpaired) electrons. The lowest BCUT2D eigenvalue weighted by atomic mass is 9.74. The first-order valence-corrected chi connectivity index (χ1v) is 8.27. The summed E-state index contributed by atoms with van der Waals surface area (Å²) in [5, 5.41) is 3.06. The molecule has 21 heavy (non-hydrogen) atoms. The summed E-state index contributed by atoms with van der Waals surface area (Å²) in [7, 11) is 0. The van der Waals surface area contributed by atoms with E-state index in [1.165, 1.54) is 0 Å². The van der Waals surface area contributed by atoms with Crippen LogP contribution in [-0.2, 0) is 9.59 Å². The van der Waals surface area contributed by atoms with Crippen molar-refractivity contribution in [3.8, 4) is 0 Å². The SMILES string of the molecule is CCC1(CC)C(=O)NC2(CCCCC2)C(=O)N1CCCF. The monoisotopic (exact) mass is 298 g/mol. The van der Waals surface area contributed by atoms with Crippen molar-refractivity contribution in [3.05, 3.63) is 0 Å². The van der Waals surface area contributed by atoms with E-state index in [1.807, 2.05) is 13.8 Å². The summed E-state index contributed by atoms with van der Waals surface area (Å²) >= 11 is 0. The molecule has 1 N–H and O–H groups in total. The molecule has 1 aliphatic heterocycles. The highest BCUT2D eigenvalue weighted by Gasteiger charge is 2.56. The van der Waals surface area contributed by atoms with Crippen molar-refractivity contribution in [3.63, 3.8) is 0 Å². The van der Waals surface area contributed by atoms with Gasteiger partial charge in [0.1, 0.15) is 11.1 Å². The molecule has 5 heteroatoms. The molecule has 2 rings (SSSR count). The van der Waals surface area contributed by atoms with Crippen molar-refractivity contribution in [2.75, 3.05) is 13.2 Å². The van der Waals surface area contributed by atoms with Crippen molar-refractivity contribution in [2.24, 2.45) is 0 Å². The second kappa shape index (κ2) is 6.32. The molecule has 0 aromatic carbocycles. The molecule has 120 valence electrons. The van der Waals surface area contributed by atoms with E-state index in [1.54, 1.807) is 4.90 Å². The van der Waals surface area contributed by atoms with E-state index >= 15 is 0 Å². The predicted molar refractivity (Wildman–Crippen MR) is 79.6 cm³/mol. The molecule has 0 aromatic heterocycles.